The van der Waals surface area contributed by atoms with Crippen LogP contribution in [0, 0.1) is 17.0 Å². The maximum Gasteiger partial charge on any atom is 0.301 e. The minimum atomic E-state index is -0.421. The number of nitrogens with zero attached hydrogens (tertiary/aromatic N) is 2. The Labute approximate surface area is 97.2 Å². The van der Waals surface area contributed by atoms with Gasteiger partial charge in [-0.2, -0.15) is 0 Å². The fourth-order valence-corrected chi connectivity index (χ4v) is 2.07. The largest absolute Gasteiger partial charge is 0.301 e. The Morgan fingerprint density at radius 1 is 1.67 bits per heavy atom. The number of thioether (sulfide) groups is 1. The van der Waals surface area contributed by atoms with E-state index >= 15 is 0 Å². The van der Waals surface area contributed by atoms with Crippen LogP contribution in [0.5, 0.6) is 0 Å². The molecule has 1 heterocycles. The molecule has 0 fully saturated rings. The lowest BCUT2D eigenvalue weighted by Gasteiger charge is -2.07. The van der Waals surface area contributed by atoms with Crippen LogP contribution in [0.2, 0.25) is 0 Å². The van der Waals surface area contributed by atoms with Crippen LogP contribution in [0.4, 0.5) is 5.69 Å². The van der Waals surface area contributed by atoms with Crippen molar-refractivity contribution in [2.45, 2.75) is 24.1 Å². The molecular weight excluding hydrogens is 236 g/mol. The summed E-state index contributed by atoms with van der Waals surface area (Å²) < 4.78 is 0. The molecule has 4 nitrogen and oxygen atoms in total. The topological polar surface area (TPSA) is 56.0 Å². The first kappa shape index (κ1) is 12.3. The lowest BCUT2D eigenvalue weighted by molar-refractivity contribution is -0.388. The molecule has 1 aromatic rings. The first-order valence-electron chi connectivity index (χ1n) is 4.39. The molecule has 1 atom stereocenters. The molecule has 0 bridgehead atoms. The second-order valence-electron chi connectivity index (χ2n) is 3.12. The predicted octanol–water partition coefficient (Wildman–Crippen LogP) is 3.02. The number of rotatable bonds is 4. The zero-order valence-electron chi connectivity index (χ0n) is 8.44. The SMILES string of the molecule is Cc1ccc([N+](=O)[O-])c(SC(C)CCl)n1. The van der Waals surface area contributed by atoms with Crippen molar-refractivity contribution in [2.24, 2.45) is 0 Å². The summed E-state index contributed by atoms with van der Waals surface area (Å²) in [5, 5.41) is 11.3. The molecule has 15 heavy (non-hydrogen) atoms. The van der Waals surface area contributed by atoms with Gasteiger partial charge in [-0.1, -0.05) is 18.7 Å². The van der Waals surface area contributed by atoms with E-state index in [2.05, 4.69) is 4.98 Å². The Morgan fingerprint density at radius 2 is 2.33 bits per heavy atom. The van der Waals surface area contributed by atoms with Crippen LogP contribution in [0.25, 0.3) is 0 Å². The zero-order chi connectivity index (χ0) is 11.4. The van der Waals surface area contributed by atoms with Crippen molar-refractivity contribution in [3.05, 3.63) is 27.9 Å². The minimum absolute atomic E-state index is 0.0440. The number of hydrogen-bond donors (Lipinski definition) is 0. The summed E-state index contributed by atoms with van der Waals surface area (Å²) in [6, 6.07) is 3.11. The first-order chi connectivity index (χ1) is 7.04. The third kappa shape index (κ3) is 3.35. The van der Waals surface area contributed by atoms with Crippen LogP contribution in [0.3, 0.4) is 0 Å². The molecule has 6 heteroatoms. The smallest absolute Gasteiger partial charge is 0.258 e. The van der Waals surface area contributed by atoms with Crippen molar-refractivity contribution >= 4 is 29.1 Å². The Kier molecular flexibility index (Phi) is 4.35. The molecular formula is C9H11ClN2O2S. The average Bonchev–Trinajstić information content (AvgIpc) is 2.17. The van der Waals surface area contributed by atoms with Gasteiger partial charge in [0.15, 0.2) is 5.03 Å². The summed E-state index contributed by atoms with van der Waals surface area (Å²) in [6.07, 6.45) is 0. The molecule has 0 amide bonds. The summed E-state index contributed by atoms with van der Waals surface area (Å²) in [7, 11) is 0. The number of halogens is 1. The molecule has 0 saturated heterocycles. The first-order valence-corrected chi connectivity index (χ1v) is 5.80. The lowest BCUT2D eigenvalue weighted by Crippen LogP contribution is -2.01. The molecule has 0 spiro atoms. The summed E-state index contributed by atoms with van der Waals surface area (Å²) in [5.74, 6) is 0.442. The number of hydrogen-bond acceptors (Lipinski definition) is 4. The van der Waals surface area contributed by atoms with Gasteiger partial charge in [0.05, 0.1) is 4.92 Å². The fourth-order valence-electron chi connectivity index (χ4n) is 0.973. The number of aromatic nitrogens is 1. The Hall–Kier alpha value is -0.810. The van der Waals surface area contributed by atoms with Gasteiger partial charge in [0.1, 0.15) is 0 Å². The van der Waals surface area contributed by atoms with Crippen molar-refractivity contribution in [2.75, 3.05) is 5.88 Å². The van der Waals surface area contributed by atoms with Gasteiger partial charge in [-0.25, -0.2) is 4.98 Å². The van der Waals surface area contributed by atoms with Gasteiger partial charge in [0.25, 0.3) is 0 Å². The maximum atomic E-state index is 10.7. The van der Waals surface area contributed by atoms with Crippen molar-refractivity contribution in [3.8, 4) is 0 Å². The third-order valence-corrected chi connectivity index (χ3v) is 3.44. The number of pyridine rings is 1. The molecule has 0 aliphatic heterocycles. The van der Waals surface area contributed by atoms with Crippen LogP contribution in [-0.4, -0.2) is 21.0 Å². The van der Waals surface area contributed by atoms with E-state index in [4.69, 9.17) is 11.6 Å². The summed E-state index contributed by atoms with van der Waals surface area (Å²) in [5.41, 5.74) is 0.812. The van der Waals surface area contributed by atoms with Crippen LogP contribution in [0.15, 0.2) is 17.2 Å². The van der Waals surface area contributed by atoms with Crippen LogP contribution >= 0.6 is 23.4 Å². The van der Waals surface area contributed by atoms with Crippen LogP contribution in [0.1, 0.15) is 12.6 Å². The molecule has 0 radical (unpaired) electrons. The second-order valence-corrected chi connectivity index (χ2v) is 4.85. The fraction of sp³-hybridized carbons (Fsp3) is 0.444. The molecule has 0 aromatic carbocycles. The molecule has 1 rings (SSSR count). The van der Waals surface area contributed by atoms with E-state index in [1.54, 1.807) is 13.0 Å². The Morgan fingerprint density at radius 3 is 2.87 bits per heavy atom. The van der Waals surface area contributed by atoms with Crippen molar-refractivity contribution in [1.82, 2.24) is 4.98 Å². The molecule has 0 N–H and O–H groups in total. The molecule has 0 aliphatic rings. The van der Waals surface area contributed by atoms with Gasteiger partial charge in [-0.05, 0) is 13.0 Å². The summed E-state index contributed by atoms with van der Waals surface area (Å²) in [6.45, 7) is 3.71. The second kappa shape index (κ2) is 5.32. The third-order valence-electron chi connectivity index (χ3n) is 1.71. The highest BCUT2D eigenvalue weighted by Crippen LogP contribution is 2.30. The van der Waals surface area contributed by atoms with Crippen LogP contribution in [-0.2, 0) is 0 Å². The standard InChI is InChI=1S/C9H11ClN2O2S/c1-6-3-4-8(12(13)14)9(11-6)15-7(2)5-10/h3-4,7H,5H2,1-2H3. The minimum Gasteiger partial charge on any atom is -0.258 e. The zero-order valence-corrected chi connectivity index (χ0v) is 10.0. The van der Waals surface area contributed by atoms with Crippen molar-refractivity contribution in [3.63, 3.8) is 0 Å². The Bertz CT molecular complexity index is 373. The van der Waals surface area contributed by atoms with Gasteiger partial charge in [-0.3, -0.25) is 10.1 Å². The van der Waals surface area contributed by atoms with E-state index in [0.29, 0.717) is 10.9 Å². The predicted molar refractivity (Wildman–Crippen MR) is 61.7 cm³/mol. The van der Waals surface area contributed by atoms with E-state index in [-0.39, 0.29) is 10.9 Å². The molecule has 1 unspecified atom stereocenters. The lowest BCUT2D eigenvalue weighted by atomic mass is 10.3. The summed E-state index contributed by atoms with van der Waals surface area (Å²) in [4.78, 5) is 14.4. The van der Waals surface area contributed by atoms with E-state index in [9.17, 15) is 10.1 Å². The highest BCUT2D eigenvalue weighted by molar-refractivity contribution is 8.00. The number of alkyl halides is 1. The van der Waals surface area contributed by atoms with Gasteiger partial charge < -0.3 is 0 Å². The van der Waals surface area contributed by atoms with Crippen molar-refractivity contribution in [1.29, 1.82) is 0 Å². The molecule has 82 valence electrons. The normalized spacial score (nSPS) is 12.5. The highest BCUT2D eigenvalue weighted by atomic mass is 35.5. The molecule has 0 saturated carbocycles. The van der Waals surface area contributed by atoms with Crippen LogP contribution < -0.4 is 0 Å². The van der Waals surface area contributed by atoms with Crippen molar-refractivity contribution < 1.29 is 4.92 Å². The number of aryl methyl sites for hydroxylation is 1. The van der Waals surface area contributed by atoms with Gasteiger partial charge in [0, 0.05) is 22.9 Å². The van der Waals surface area contributed by atoms with E-state index in [1.807, 2.05) is 6.92 Å². The maximum absolute atomic E-state index is 10.7. The van der Waals surface area contributed by atoms with E-state index in [1.165, 1.54) is 17.8 Å². The molecule has 1 aromatic heterocycles. The number of nitro groups is 1. The molecule has 0 aliphatic carbocycles. The average molecular weight is 247 g/mol. The summed E-state index contributed by atoms with van der Waals surface area (Å²) >= 11 is 6.98. The van der Waals surface area contributed by atoms with Gasteiger partial charge in [0.2, 0.25) is 0 Å². The van der Waals surface area contributed by atoms with E-state index in [0.717, 1.165) is 5.69 Å². The van der Waals surface area contributed by atoms with Gasteiger partial charge >= 0.3 is 5.69 Å². The quantitative estimate of drug-likeness (QED) is 0.355. The highest BCUT2D eigenvalue weighted by Gasteiger charge is 2.17. The monoisotopic (exact) mass is 246 g/mol. The van der Waals surface area contributed by atoms with E-state index < -0.39 is 4.92 Å². The van der Waals surface area contributed by atoms with Gasteiger partial charge in [-0.15, -0.1) is 11.6 Å². The Balaban J connectivity index is 3.02.